The van der Waals surface area contributed by atoms with E-state index >= 15 is 0 Å². The van der Waals surface area contributed by atoms with Gasteiger partial charge in [-0.1, -0.05) is 20.3 Å². The van der Waals surface area contributed by atoms with Gasteiger partial charge in [0.25, 0.3) is 0 Å². The minimum Gasteiger partial charge on any atom is -0.481 e. The van der Waals surface area contributed by atoms with Crippen LogP contribution in [0.15, 0.2) is 0 Å². The lowest BCUT2D eigenvalue weighted by molar-refractivity contribution is -0.146. The number of hydrogen-bond donors (Lipinski definition) is 2. The van der Waals surface area contributed by atoms with Crippen LogP contribution >= 0.6 is 11.8 Å². The number of amides is 1. The molecule has 4 nitrogen and oxygen atoms in total. The summed E-state index contributed by atoms with van der Waals surface area (Å²) in [5.41, 5.74) is 0. The van der Waals surface area contributed by atoms with Crippen molar-refractivity contribution in [3.05, 3.63) is 0 Å². The lowest BCUT2D eigenvalue weighted by Gasteiger charge is -2.17. The van der Waals surface area contributed by atoms with E-state index in [9.17, 15) is 14.7 Å². The summed E-state index contributed by atoms with van der Waals surface area (Å²) in [6.07, 6.45) is 4.31. The van der Waals surface area contributed by atoms with E-state index < -0.39 is 11.9 Å². The molecule has 0 heterocycles. The van der Waals surface area contributed by atoms with Gasteiger partial charge in [0.15, 0.2) is 0 Å². The molecule has 1 aliphatic carbocycles. The van der Waals surface area contributed by atoms with Gasteiger partial charge in [-0.05, 0) is 25.0 Å². The summed E-state index contributed by atoms with van der Waals surface area (Å²) >= 11 is 1.69. The highest BCUT2D eigenvalue weighted by Gasteiger charge is 2.41. The molecular weight excluding hydrogens is 250 g/mol. The third-order valence-corrected chi connectivity index (χ3v) is 4.83. The normalized spacial score (nSPS) is 28.9. The fraction of sp³-hybridized carbons (Fsp3) is 0.846. The van der Waals surface area contributed by atoms with Crippen molar-refractivity contribution in [3.8, 4) is 0 Å². The van der Waals surface area contributed by atoms with Gasteiger partial charge in [-0.3, -0.25) is 9.59 Å². The van der Waals surface area contributed by atoms with Gasteiger partial charge in [0.05, 0.1) is 11.8 Å². The van der Waals surface area contributed by atoms with Crippen LogP contribution in [0.3, 0.4) is 0 Å². The molecule has 0 aromatic heterocycles. The van der Waals surface area contributed by atoms with Crippen molar-refractivity contribution in [2.45, 2.75) is 38.4 Å². The van der Waals surface area contributed by atoms with Crippen molar-refractivity contribution in [1.82, 2.24) is 5.32 Å². The molecule has 1 amide bonds. The van der Waals surface area contributed by atoms with Crippen LogP contribution in [0.5, 0.6) is 0 Å². The quantitative estimate of drug-likeness (QED) is 0.776. The zero-order chi connectivity index (χ0) is 13.7. The van der Waals surface area contributed by atoms with Gasteiger partial charge < -0.3 is 10.4 Å². The standard InChI is InChI=1S/C13H23NO3S/c1-4-9-5-10(11(6-9)13(16)17)12(15)14-7-8(2)18-3/h8-11H,4-7H2,1-3H3,(H,14,15)(H,16,17). The van der Waals surface area contributed by atoms with E-state index in [0.717, 1.165) is 6.42 Å². The Morgan fingerprint density at radius 3 is 2.50 bits per heavy atom. The fourth-order valence-electron chi connectivity index (χ4n) is 2.50. The van der Waals surface area contributed by atoms with Crippen LogP contribution in [0, 0.1) is 17.8 Å². The van der Waals surface area contributed by atoms with Crippen molar-refractivity contribution < 1.29 is 14.7 Å². The molecule has 1 aliphatic rings. The Balaban J connectivity index is 2.56. The minimum absolute atomic E-state index is 0.0840. The number of thioether (sulfide) groups is 1. The second-order valence-corrected chi connectivity index (χ2v) is 6.36. The first-order chi connectivity index (χ1) is 8.49. The second-order valence-electron chi connectivity index (χ2n) is 5.09. The molecule has 0 radical (unpaired) electrons. The Kier molecular flexibility index (Phi) is 5.99. The van der Waals surface area contributed by atoms with Crippen LogP contribution in [-0.2, 0) is 9.59 Å². The third-order valence-electron chi connectivity index (χ3n) is 3.86. The number of hydrogen-bond acceptors (Lipinski definition) is 3. The Labute approximate surface area is 113 Å². The van der Waals surface area contributed by atoms with Crippen molar-refractivity contribution in [2.75, 3.05) is 12.8 Å². The monoisotopic (exact) mass is 273 g/mol. The Bertz CT molecular complexity index is 309. The van der Waals surface area contributed by atoms with Crippen molar-refractivity contribution in [2.24, 2.45) is 17.8 Å². The molecular formula is C13H23NO3S. The first-order valence-corrected chi connectivity index (χ1v) is 7.81. The van der Waals surface area contributed by atoms with Gasteiger partial charge in [-0.2, -0.15) is 11.8 Å². The largest absolute Gasteiger partial charge is 0.481 e. The summed E-state index contributed by atoms with van der Waals surface area (Å²) < 4.78 is 0. The molecule has 0 spiro atoms. The van der Waals surface area contributed by atoms with E-state index in [1.54, 1.807) is 11.8 Å². The number of carboxylic acid groups (broad SMARTS) is 1. The summed E-state index contributed by atoms with van der Waals surface area (Å²) in [4.78, 5) is 23.2. The van der Waals surface area contributed by atoms with E-state index in [2.05, 4.69) is 12.2 Å². The Hall–Kier alpha value is -0.710. The Morgan fingerprint density at radius 2 is 2.00 bits per heavy atom. The van der Waals surface area contributed by atoms with Crippen LogP contribution in [-0.4, -0.2) is 35.0 Å². The van der Waals surface area contributed by atoms with E-state index in [1.807, 2.05) is 13.2 Å². The predicted octanol–water partition coefficient (Wildman–Crippen LogP) is 1.99. The Morgan fingerprint density at radius 1 is 1.39 bits per heavy atom. The van der Waals surface area contributed by atoms with Crippen LogP contribution in [0.2, 0.25) is 0 Å². The second kappa shape index (κ2) is 7.02. The topological polar surface area (TPSA) is 66.4 Å². The lowest BCUT2D eigenvalue weighted by atomic mass is 9.95. The van der Waals surface area contributed by atoms with Crippen molar-refractivity contribution >= 4 is 23.6 Å². The molecule has 0 saturated heterocycles. The molecule has 0 aliphatic heterocycles. The molecule has 1 saturated carbocycles. The van der Waals surface area contributed by atoms with Crippen LogP contribution in [0.1, 0.15) is 33.1 Å². The van der Waals surface area contributed by atoms with Crippen LogP contribution in [0.4, 0.5) is 0 Å². The highest BCUT2D eigenvalue weighted by atomic mass is 32.2. The molecule has 2 N–H and O–H groups in total. The zero-order valence-corrected chi connectivity index (χ0v) is 12.1. The molecule has 18 heavy (non-hydrogen) atoms. The summed E-state index contributed by atoms with van der Waals surface area (Å²) in [7, 11) is 0. The minimum atomic E-state index is -0.830. The average molecular weight is 273 g/mol. The summed E-state index contributed by atoms with van der Waals surface area (Å²) in [6, 6.07) is 0. The van der Waals surface area contributed by atoms with Crippen LogP contribution in [0.25, 0.3) is 0 Å². The fourth-order valence-corrected chi connectivity index (χ4v) is 2.75. The van der Waals surface area contributed by atoms with E-state index in [1.165, 1.54) is 0 Å². The van der Waals surface area contributed by atoms with Gasteiger partial charge in [0, 0.05) is 11.8 Å². The molecule has 0 aromatic carbocycles. The SMILES string of the molecule is CCC1CC(C(=O)O)C(C(=O)NCC(C)SC)C1. The summed E-state index contributed by atoms with van der Waals surface area (Å²) in [5, 5.41) is 12.4. The number of nitrogens with one attached hydrogen (secondary N) is 1. The maximum atomic E-state index is 12.1. The van der Waals surface area contributed by atoms with Crippen LogP contribution < -0.4 is 5.32 Å². The number of carbonyl (C=O) groups is 2. The molecule has 0 bridgehead atoms. The number of rotatable bonds is 6. The molecule has 4 atom stereocenters. The van der Waals surface area contributed by atoms with Crippen molar-refractivity contribution in [3.63, 3.8) is 0 Å². The van der Waals surface area contributed by atoms with Gasteiger partial charge >= 0.3 is 5.97 Å². The van der Waals surface area contributed by atoms with Gasteiger partial charge in [0.2, 0.25) is 5.91 Å². The zero-order valence-electron chi connectivity index (χ0n) is 11.3. The molecule has 104 valence electrons. The highest BCUT2D eigenvalue weighted by Crippen LogP contribution is 2.38. The maximum Gasteiger partial charge on any atom is 0.307 e. The number of carboxylic acids is 1. The molecule has 1 fully saturated rings. The molecule has 5 heteroatoms. The smallest absolute Gasteiger partial charge is 0.307 e. The van der Waals surface area contributed by atoms with Gasteiger partial charge in [-0.25, -0.2) is 0 Å². The van der Waals surface area contributed by atoms with E-state index in [-0.39, 0.29) is 11.8 Å². The first kappa shape index (κ1) is 15.3. The lowest BCUT2D eigenvalue weighted by Crippen LogP contribution is -2.37. The molecule has 0 aromatic rings. The first-order valence-electron chi connectivity index (χ1n) is 6.52. The number of aliphatic carboxylic acids is 1. The third kappa shape index (κ3) is 3.90. The average Bonchev–Trinajstić information content (AvgIpc) is 2.79. The molecule has 4 unspecified atom stereocenters. The highest BCUT2D eigenvalue weighted by molar-refractivity contribution is 7.99. The van der Waals surface area contributed by atoms with Gasteiger partial charge in [0.1, 0.15) is 0 Å². The summed E-state index contributed by atoms with van der Waals surface area (Å²) in [6.45, 7) is 4.71. The van der Waals surface area contributed by atoms with E-state index in [0.29, 0.717) is 30.6 Å². The summed E-state index contributed by atoms with van der Waals surface area (Å²) in [5.74, 6) is -1.39. The maximum absolute atomic E-state index is 12.1. The molecule has 1 rings (SSSR count). The van der Waals surface area contributed by atoms with Crippen molar-refractivity contribution in [1.29, 1.82) is 0 Å². The van der Waals surface area contributed by atoms with Gasteiger partial charge in [-0.15, -0.1) is 0 Å². The number of carbonyl (C=O) groups excluding carboxylic acids is 1. The predicted molar refractivity (Wildman–Crippen MR) is 73.6 cm³/mol. The van der Waals surface area contributed by atoms with E-state index in [4.69, 9.17) is 0 Å².